The van der Waals surface area contributed by atoms with Crippen molar-refractivity contribution in [1.29, 1.82) is 0 Å². The molecule has 0 spiro atoms. The highest BCUT2D eigenvalue weighted by Gasteiger charge is 2.21. The molecule has 0 saturated carbocycles. The summed E-state index contributed by atoms with van der Waals surface area (Å²) < 4.78 is 43.0. The summed E-state index contributed by atoms with van der Waals surface area (Å²) in [7, 11) is -3.96. The lowest BCUT2D eigenvalue weighted by molar-refractivity contribution is 0.308. The van der Waals surface area contributed by atoms with Gasteiger partial charge in [-0.15, -0.1) is 0 Å². The van der Waals surface area contributed by atoms with Gasteiger partial charge in [0.15, 0.2) is 0 Å². The first-order chi connectivity index (χ1) is 15.0. The van der Waals surface area contributed by atoms with Crippen molar-refractivity contribution in [2.45, 2.75) is 25.3 Å². The predicted molar refractivity (Wildman–Crippen MR) is 122 cm³/mol. The molecular weight excluding hydrogens is 412 g/mol. The van der Waals surface area contributed by atoms with Crippen molar-refractivity contribution in [3.63, 3.8) is 0 Å². The lowest BCUT2D eigenvalue weighted by Crippen LogP contribution is -2.07. The maximum Gasteiger partial charge on any atom is 0.297 e. The van der Waals surface area contributed by atoms with Gasteiger partial charge in [-0.05, 0) is 37.6 Å². The Labute approximate surface area is 182 Å². The number of rotatable bonds is 8. The number of fused-ring (bicyclic) bond motifs is 2. The van der Waals surface area contributed by atoms with Gasteiger partial charge in [0.25, 0.3) is 10.1 Å². The van der Waals surface area contributed by atoms with E-state index in [-0.39, 0.29) is 11.5 Å². The van der Waals surface area contributed by atoms with Gasteiger partial charge in [0, 0.05) is 21.5 Å². The summed E-state index contributed by atoms with van der Waals surface area (Å²) in [6, 6.07) is 21.9. The highest BCUT2D eigenvalue weighted by Crippen LogP contribution is 2.43. The molecule has 0 bridgehead atoms. The Morgan fingerprint density at radius 2 is 1.23 bits per heavy atom. The minimum absolute atomic E-state index is 0.0263. The van der Waals surface area contributed by atoms with E-state index in [1.165, 1.54) is 0 Å². The largest absolute Gasteiger partial charge is 0.493 e. The second-order valence-electron chi connectivity index (χ2n) is 6.98. The van der Waals surface area contributed by atoms with Crippen LogP contribution in [0.15, 0.2) is 77.7 Å². The van der Waals surface area contributed by atoms with Crippen molar-refractivity contribution in [2.75, 3.05) is 13.2 Å². The summed E-state index contributed by atoms with van der Waals surface area (Å²) in [4.78, 5) is 0.0783. The van der Waals surface area contributed by atoms with Crippen molar-refractivity contribution >= 4 is 31.7 Å². The Hall–Kier alpha value is -3.09. The Bertz CT molecular complexity index is 1310. The number of benzene rings is 4. The monoisotopic (exact) mass is 436 g/mol. The maximum atomic E-state index is 12.9. The first kappa shape index (κ1) is 21.2. The first-order valence-electron chi connectivity index (χ1n) is 10.2. The Balaban J connectivity index is 1.85. The van der Waals surface area contributed by atoms with Gasteiger partial charge in [0.1, 0.15) is 11.5 Å². The molecule has 0 aliphatic carbocycles. The molecular formula is C25H24O5S. The molecule has 0 aliphatic heterocycles. The minimum Gasteiger partial charge on any atom is -0.493 e. The summed E-state index contributed by atoms with van der Waals surface area (Å²) in [5, 5.41) is 3.27. The molecule has 5 nitrogen and oxygen atoms in total. The smallest absolute Gasteiger partial charge is 0.297 e. The van der Waals surface area contributed by atoms with Crippen LogP contribution in [0.4, 0.5) is 0 Å². The van der Waals surface area contributed by atoms with Crippen molar-refractivity contribution in [2.24, 2.45) is 0 Å². The number of hydrogen-bond donors (Lipinski definition) is 0. The van der Waals surface area contributed by atoms with Crippen LogP contribution in [-0.4, -0.2) is 21.6 Å². The normalized spacial score (nSPS) is 11.7. The fraction of sp³-hybridized carbons (Fsp3) is 0.200. The third kappa shape index (κ3) is 4.22. The predicted octanol–water partition coefficient (Wildman–Crippen LogP) is 5.70. The number of ether oxygens (including phenoxy) is 2. The van der Waals surface area contributed by atoms with E-state index in [0.717, 1.165) is 21.7 Å². The molecule has 0 amide bonds. The Morgan fingerprint density at radius 1 is 0.677 bits per heavy atom. The molecule has 0 saturated heterocycles. The molecule has 4 aromatic carbocycles. The third-order valence-electron chi connectivity index (χ3n) is 4.99. The van der Waals surface area contributed by atoms with E-state index >= 15 is 0 Å². The standard InChI is InChI=1S/C25H24O5S/c1-3-28-24-20-12-8-9-13-21(20)25(29-4-2)23-16-19(14-15-22(23)24)31(26,27)30-17-18-10-6-5-7-11-18/h5-16H,3-4,17H2,1-2H3. The molecule has 4 aromatic rings. The zero-order valence-corrected chi connectivity index (χ0v) is 18.3. The third-order valence-corrected chi connectivity index (χ3v) is 6.25. The fourth-order valence-corrected chi connectivity index (χ4v) is 4.55. The topological polar surface area (TPSA) is 61.8 Å². The minimum atomic E-state index is -3.96. The van der Waals surface area contributed by atoms with Crippen LogP contribution >= 0.6 is 0 Å². The summed E-state index contributed by atoms with van der Waals surface area (Å²) in [5.74, 6) is 1.35. The van der Waals surface area contributed by atoms with Crippen LogP contribution in [0.3, 0.4) is 0 Å². The summed E-state index contributed by atoms with van der Waals surface area (Å²) in [6.07, 6.45) is 0. The van der Waals surface area contributed by atoms with Crippen molar-refractivity contribution in [3.8, 4) is 11.5 Å². The molecule has 4 rings (SSSR count). The average molecular weight is 437 g/mol. The van der Waals surface area contributed by atoms with Crippen molar-refractivity contribution < 1.29 is 22.1 Å². The molecule has 0 aliphatic rings. The van der Waals surface area contributed by atoms with Gasteiger partial charge in [-0.1, -0.05) is 54.6 Å². The van der Waals surface area contributed by atoms with E-state index in [9.17, 15) is 8.42 Å². The van der Waals surface area contributed by atoms with Gasteiger partial charge < -0.3 is 9.47 Å². The first-order valence-corrected chi connectivity index (χ1v) is 11.6. The highest BCUT2D eigenvalue weighted by atomic mass is 32.2. The van der Waals surface area contributed by atoms with Gasteiger partial charge in [0.05, 0.1) is 24.7 Å². The zero-order valence-electron chi connectivity index (χ0n) is 17.5. The maximum absolute atomic E-state index is 12.9. The van der Waals surface area contributed by atoms with Gasteiger partial charge in [0.2, 0.25) is 0 Å². The molecule has 0 heterocycles. The van der Waals surface area contributed by atoms with Crippen molar-refractivity contribution in [3.05, 3.63) is 78.4 Å². The van der Waals surface area contributed by atoms with Crippen LogP contribution < -0.4 is 9.47 Å². The molecule has 6 heteroatoms. The van der Waals surface area contributed by atoms with Crippen LogP contribution in [0.25, 0.3) is 21.5 Å². The molecule has 31 heavy (non-hydrogen) atoms. The highest BCUT2D eigenvalue weighted by molar-refractivity contribution is 7.86. The zero-order chi connectivity index (χ0) is 21.8. The molecule has 0 radical (unpaired) electrons. The second kappa shape index (κ2) is 8.96. The summed E-state index contributed by atoms with van der Waals surface area (Å²) in [5.41, 5.74) is 0.784. The van der Waals surface area contributed by atoms with Crippen LogP contribution in [0, 0.1) is 0 Å². The van der Waals surface area contributed by atoms with Crippen LogP contribution in [0.5, 0.6) is 11.5 Å². The summed E-state index contributed by atoms with van der Waals surface area (Å²) >= 11 is 0. The fourth-order valence-electron chi connectivity index (χ4n) is 3.62. The Kier molecular flexibility index (Phi) is 6.11. The molecule has 0 atom stereocenters. The lowest BCUT2D eigenvalue weighted by atomic mass is 10.0. The van der Waals surface area contributed by atoms with E-state index in [2.05, 4.69) is 0 Å². The van der Waals surface area contributed by atoms with Gasteiger partial charge >= 0.3 is 0 Å². The van der Waals surface area contributed by atoms with Crippen LogP contribution in [0.2, 0.25) is 0 Å². The van der Waals surface area contributed by atoms with Gasteiger partial charge in [-0.25, -0.2) is 0 Å². The molecule has 160 valence electrons. The summed E-state index contributed by atoms with van der Waals surface area (Å²) in [6.45, 7) is 4.75. The molecule has 0 N–H and O–H groups in total. The molecule has 0 unspecified atom stereocenters. The second-order valence-corrected chi connectivity index (χ2v) is 8.59. The quantitative estimate of drug-likeness (QED) is 0.262. The average Bonchev–Trinajstić information content (AvgIpc) is 2.80. The van der Waals surface area contributed by atoms with E-state index < -0.39 is 10.1 Å². The number of hydrogen-bond acceptors (Lipinski definition) is 5. The van der Waals surface area contributed by atoms with Crippen LogP contribution in [0.1, 0.15) is 19.4 Å². The molecule has 0 aromatic heterocycles. The van der Waals surface area contributed by atoms with E-state index in [1.54, 1.807) is 18.2 Å². The van der Waals surface area contributed by atoms with Gasteiger partial charge in [-0.3, -0.25) is 4.18 Å². The van der Waals surface area contributed by atoms with Gasteiger partial charge in [-0.2, -0.15) is 8.42 Å². The Morgan fingerprint density at radius 3 is 1.84 bits per heavy atom. The lowest BCUT2D eigenvalue weighted by Gasteiger charge is -2.17. The van der Waals surface area contributed by atoms with E-state index in [1.807, 2.05) is 68.4 Å². The van der Waals surface area contributed by atoms with Crippen LogP contribution in [-0.2, 0) is 20.9 Å². The van der Waals surface area contributed by atoms with Crippen molar-refractivity contribution in [1.82, 2.24) is 0 Å². The van der Waals surface area contributed by atoms with E-state index in [4.69, 9.17) is 13.7 Å². The molecule has 0 fully saturated rings. The van der Waals surface area contributed by atoms with E-state index in [0.29, 0.717) is 30.1 Å². The SMILES string of the molecule is CCOc1c2ccccc2c(OCC)c2cc(S(=O)(=O)OCc3ccccc3)ccc12.